The summed E-state index contributed by atoms with van der Waals surface area (Å²) in [5, 5.41) is 0. The average molecular weight is 149 g/mol. The third-order valence-corrected chi connectivity index (χ3v) is 2.12. The molecule has 0 fully saturated rings. The van der Waals surface area contributed by atoms with Gasteiger partial charge in [-0.2, -0.15) is 0 Å². The number of hydrogen-bond donors (Lipinski definition) is 1. The van der Waals surface area contributed by atoms with Crippen LogP contribution >= 0.6 is 0 Å². The molecule has 11 heavy (non-hydrogen) atoms. The highest BCUT2D eigenvalue weighted by Gasteiger charge is 2.15. The van der Waals surface area contributed by atoms with Crippen LogP contribution in [0, 0.1) is 0 Å². The van der Waals surface area contributed by atoms with Crippen LogP contribution in [0.1, 0.15) is 17.7 Å². The normalized spacial score (nSPS) is 22.8. The van der Waals surface area contributed by atoms with E-state index in [0.717, 1.165) is 19.3 Å². The molecule has 58 valence electrons. The lowest BCUT2D eigenvalue weighted by Crippen LogP contribution is -2.28. The van der Waals surface area contributed by atoms with Crippen LogP contribution in [0.2, 0.25) is 0 Å². The van der Waals surface area contributed by atoms with Gasteiger partial charge in [0, 0.05) is 17.9 Å². The Morgan fingerprint density at radius 3 is 3.36 bits per heavy atom. The number of fused-ring (bicyclic) bond motifs is 1. The van der Waals surface area contributed by atoms with Gasteiger partial charge in [0.25, 0.3) is 0 Å². The fourth-order valence-corrected chi connectivity index (χ4v) is 1.49. The zero-order chi connectivity index (χ0) is 7.68. The lowest BCUT2D eigenvalue weighted by atomic mass is 9.94. The van der Waals surface area contributed by atoms with Gasteiger partial charge in [0.1, 0.15) is 6.33 Å². The highest BCUT2D eigenvalue weighted by Crippen LogP contribution is 2.16. The topological polar surface area (TPSA) is 51.8 Å². The minimum absolute atomic E-state index is 0.313. The zero-order valence-electron chi connectivity index (χ0n) is 6.33. The molecule has 0 bridgehead atoms. The molecule has 0 unspecified atom stereocenters. The monoisotopic (exact) mass is 149 g/mol. The molecule has 1 aliphatic rings. The van der Waals surface area contributed by atoms with E-state index in [-0.39, 0.29) is 0 Å². The van der Waals surface area contributed by atoms with Gasteiger partial charge in [0.15, 0.2) is 0 Å². The van der Waals surface area contributed by atoms with Gasteiger partial charge >= 0.3 is 0 Å². The van der Waals surface area contributed by atoms with Crippen LogP contribution < -0.4 is 5.73 Å². The second-order valence-corrected chi connectivity index (χ2v) is 3.00. The van der Waals surface area contributed by atoms with E-state index in [1.165, 1.54) is 11.3 Å². The summed E-state index contributed by atoms with van der Waals surface area (Å²) in [5.74, 6) is 0. The number of nitrogens with zero attached hydrogens (tertiary/aromatic N) is 2. The average Bonchev–Trinajstić information content (AvgIpc) is 2.04. The van der Waals surface area contributed by atoms with Crippen LogP contribution in [0.5, 0.6) is 0 Å². The van der Waals surface area contributed by atoms with Crippen molar-refractivity contribution in [3.63, 3.8) is 0 Å². The summed E-state index contributed by atoms with van der Waals surface area (Å²) in [5.41, 5.74) is 8.20. The van der Waals surface area contributed by atoms with Crippen molar-refractivity contribution in [3.8, 4) is 0 Å². The molecule has 0 amide bonds. The van der Waals surface area contributed by atoms with Crippen LogP contribution in [0.3, 0.4) is 0 Å². The van der Waals surface area contributed by atoms with E-state index in [2.05, 4.69) is 9.97 Å². The summed E-state index contributed by atoms with van der Waals surface area (Å²) in [7, 11) is 0. The van der Waals surface area contributed by atoms with Gasteiger partial charge in [-0.15, -0.1) is 0 Å². The van der Waals surface area contributed by atoms with Gasteiger partial charge in [-0.25, -0.2) is 9.97 Å². The summed E-state index contributed by atoms with van der Waals surface area (Å²) < 4.78 is 0. The molecule has 1 aliphatic carbocycles. The lowest BCUT2D eigenvalue weighted by Gasteiger charge is -2.18. The van der Waals surface area contributed by atoms with Crippen LogP contribution in [0.15, 0.2) is 12.5 Å². The molecule has 1 atom stereocenters. The maximum absolute atomic E-state index is 5.79. The number of rotatable bonds is 0. The Bertz CT molecular complexity index is 259. The number of aryl methyl sites for hydroxylation is 1. The van der Waals surface area contributed by atoms with Crippen molar-refractivity contribution in [2.24, 2.45) is 5.73 Å². The Labute approximate surface area is 65.7 Å². The van der Waals surface area contributed by atoms with Gasteiger partial charge < -0.3 is 5.73 Å². The van der Waals surface area contributed by atoms with Crippen molar-refractivity contribution in [1.29, 1.82) is 0 Å². The van der Waals surface area contributed by atoms with E-state index in [1.54, 1.807) is 6.33 Å². The van der Waals surface area contributed by atoms with Crippen LogP contribution in [-0.4, -0.2) is 16.0 Å². The summed E-state index contributed by atoms with van der Waals surface area (Å²) >= 11 is 0. The Hall–Kier alpha value is -0.960. The molecule has 3 heteroatoms. The van der Waals surface area contributed by atoms with Crippen LogP contribution in [-0.2, 0) is 12.8 Å². The molecule has 2 N–H and O–H groups in total. The molecule has 1 heterocycles. The summed E-state index contributed by atoms with van der Waals surface area (Å²) in [6.45, 7) is 0. The zero-order valence-corrected chi connectivity index (χ0v) is 6.33. The predicted octanol–water partition coefficient (Wildman–Crippen LogP) is 0.293. The molecule has 0 spiro atoms. The Balaban J connectivity index is 2.34. The fourth-order valence-electron chi connectivity index (χ4n) is 1.49. The molecule has 0 aliphatic heterocycles. The van der Waals surface area contributed by atoms with E-state index in [1.807, 2.05) is 6.20 Å². The molecule has 0 saturated carbocycles. The van der Waals surface area contributed by atoms with E-state index in [4.69, 9.17) is 5.73 Å². The number of aromatic nitrogens is 2. The Morgan fingerprint density at radius 1 is 1.55 bits per heavy atom. The van der Waals surface area contributed by atoms with Gasteiger partial charge in [0.05, 0.1) is 0 Å². The van der Waals surface area contributed by atoms with Gasteiger partial charge in [-0.3, -0.25) is 0 Å². The van der Waals surface area contributed by atoms with Crippen molar-refractivity contribution >= 4 is 0 Å². The van der Waals surface area contributed by atoms with Gasteiger partial charge in [0.2, 0.25) is 0 Å². The molecule has 1 aromatic heterocycles. The first kappa shape index (κ1) is 6.73. The lowest BCUT2D eigenvalue weighted by molar-refractivity contribution is 0.563. The standard InChI is InChI=1S/C8H11N3/c9-7-1-2-8-6(3-7)4-10-5-11-8/h4-5,7H,1-3,9H2/t7-/m1/s1. The third kappa shape index (κ3) is 1.24. The summed E-state index contributed by atoms with van der Waals surface area (Å²) in [4.78, 5) is 8.15. The third-order valence-electron chi connectivity index (χ3n) is 2.12. The first-order valence-electron chi connectivity index (χ1n) is 3.89. The Morgan fingerprint density at radius 2 is 2.45 bits per heavy atom. The highest BCUT2D eigenvalue weighted by molar-refractivity contribution is 5.20. The number of hydrogen-bond acceptors (Lipinski definition) is 3. The minimum atomic E-state index is 0.313. The smallest absolute Gasteiger partial charge is 0.115 e. The molecular formula is C8H11N3. The van der Waals surface area contributed by atoms with Crippen molar-refractivity contribution in [1.82, 2.24) is 9.97 Å². The van der Waals surface area contributed by atoms with Gasteiger partial charge in [-0.05, 0) is 24.8 Å². The van der Waals surface area contributed by atoms with Gasteiger partial charge in [-0.1, -0.05) is 0 Å². The van der Waals surface area contributed by atoms with E-state index >= 15 is 0 Å². The fraction of sp³-hybridized carbons (Fsp3) is 0.500. The van der Waals surface area contributed by atoms with Crippen LogP contribution in [0.4, 0.5) is 0 Å². The van der Waals surface area contributed by atoms with Crippen molar-refractivity contribution in [2.75, 3.05) is 0 Å². The summed E-state index contributed by atoms with van der Waals surface area (Å²) in [6, 6.07) is 0.313. The second kappa shape index (κ2) is 2.58. The first-order chi connectivity index (χ1) is 5.36. The molecule has 0 saturated heterocycles. The maximum Gasteiger partial charge on any atom is 0.115 e. The predicted molar refractivity (Wildman–Crippen MR) is 42.0 cm³/mol. The largest absolute Gasteiger partial charge is 0.327 e. The minimum Gasteiger partial charge on any atom is -0.327 e. The van der Waals surface area contributed by atoms with E-state index < -0.39 is 0 Å². The SMILES string of the molecule is N[C@@H]1CCc2ncncc2C1. The van der Waals surface area contributed by atoms with E-state index in [9.17, 15) is 0 Å². The molecule has 0 aromatic carbocycles. The van der Waals surface area contributed by atoms with Crippen molar-refractivity contribution < 1.29 is 0 Å². The van der Waals surface area contributed by atoms with Crippen molar-refractivity contribution in [3.05, 3.63) is 23.8 Å². The quantitative estimate of drug-likeness (QED) is 0.577. The molecule has 2 rings (SSSR count). The Kier molecular flexibility index (Phi) is 1.58. The van der Waals surface area contributed by atoms with Crippen molar-refractivity contribution in [2.45, 2.75) is 25.3 Å². The maximum atomic E-state index is 5.79. The molecular weight excluding hydrogens is 138 g/mol. The first-order valence-corrected chi connectivity index (χ1v) is 3.89. The second-order valence-electron chi connectivity index (χ2n) is 3.00. The molecule has 1 aromatic rings. The van der Waals surface area contributed by atoms with E-state index in [0.29, 0.717) is 6.04 Å². The number of nitrogens with two attached hydrogens (primary N) is 1. The van der Waals surface area contributed by atoms with Crippen LogP contribution in [0.25, 0.3) is 0 Å². The molecule has 0 radical (unpaired) electrons. The molecule has 3 nitrogen and oxygen atoms in total. The highest BCUT2D eigenvalue weighted by atomic mass is 14.8. The summed E-state index contributed by atoms with van der Waals surface area (Å²) in [6.07, 6.45) is 6.50.